The van der Waals surface area contributed by atoms with Crippen LogP contribution in [0, 0.1) is 6.92 Å². The molecule has 34 heavy (non-hydrogen) atoms. The van der Waals surface area contributed by atoms with E-state index >= 15 is 0 Å². The van der Waals surface area contributed by atoms with Crippen molar-refractivity contribution in [3.8, 4) is 17.1 Å². The number of aryl methyl sites for hydroxylation is 1. The van der Waals surface area contributed by atoms with Crippen LogP contribution in [-0.4, -0.2) is 25.4 Å². The number of carbonyl (C=O) groups excluding carboxylic acids is 1. The average Bonchev–Trinajstić information content (AvgIpc) is 3.27. The Kier molecular flexibility index (Phi) is 5.51. The molecule has 0 aliphatic rings. The molecule has 0 saturated heterocycles. The van der Waals surface area contributed by atoms with E-state index < -0.39 is 0 Å². The lowest BCUT2D eigenvalue weighted by molar-refractivity contribution is 0.103. The first-order valence-corrected chi connectivity index (χ1v) is 11.1. The Morgan fingerprint density at radius 3 is 2.59 bits per heavy atom. The van der Waals surface area contributed by atoms with E-state index in [4.69, 9.17) is 11.6 Å². The topological polar surface area (TPSA) is 88.0 Å². The molecule has 7 heteroatoms. The number of nitrogens with zero attached hydrogens (tertiary/aromatic N) is 2. The van der Waals surface area contributed by atoms with E-state index in [-0.39, 0.29) is 40.3 Å². The molecule has 0 fully saturated rings. The number of benzene rings is 3. The summed E-state index contributed by atoms with van der Waals surface area (Å²) in [6.07, 6.45) is 1.52. The van der Waals surface area contributed by atoms with Gasteiger partial charge in [0.2, 0.25) is 0 Å². The summed E-state index contributed by atoms with van der Waals surface area (Å²) in [5.74, 6) is -0.126. The molecule has 5 rings (SSSR count). The van der Waals surface area contributed by atoms with Crippen LogP contribution in [0.4, 0.5) is 0 Å². The molecule has 0 aliphatic carbocycles. The van der Waals surface area contributed by atoms with Crippen molar-refractivity contribution >= 4 is 28.4 Å². The number of para-hydroxylation sites is 2. The van der Waals surface area contributed by atoms with Crippen molar-refractivity contribution in [2.45, 2.75) is 13.5 Å². The molecule has 5 aromatic rings. The Balaban J connectivity index is 1.68. The summed E-state index contributed by atoms with van der Waals surface area (Å²) in [5.41, 5.74) is 3.61. The number of hydrogen-bond donors (Lipinski definition) is 2. The Bertz CT molecular complexity index is 1570. The third kappa shape index (κ3) is 4.11. The highest BCUT2D eigenvalue weighted by atomic mass is 35.5. The van der Waals surface area contributed by atoms with Gasteiger partial charge in [0.05, 0.1) is 28.7 Å². The molecule has 6 nitrogen and oxygen atoms in total. The normalized spacial score (nSPS) is 11.1. The van der Waals surface area contributed by atoms with Gasteiger partial charge in [-0.1, -0.05) is 47.5 Å². The summed E-state index contributed by atoms with van der Waals surface area (Å²) in [6, 6.07) is 21.0. The zero-order chi connectivity index (χ0) is 23.8. The van der Waals surface area contributed by atoms with Crippen LogP contribution in [-0.2, 0) is 6.54 Å². The van der Waals surface area contributed by atoms with Gasteiger partial charge in [-0.25, -0.2) is 4.98 Å². The molecule has 0 aliphatic heterocycles. The van der Waals surface area contributed by atoms with Crippen molar-refractivity contribution < 1.29 is 9.90 Å². The Labute approximate surface area is 200 Å². The minimum atomic E-state index is -0.386. The van der Waals surface area contributed by atoms with Crippen LogP contribution in [0.2, 0.25) is 5.02 Å². The third-order valence-electron chi connectivity index (χ3n) is 5.66. The van der Waals surface area contributed by atoms with Crippen molar-refractivity contribution in [3.63, 3.8) is 0 Å². The van der Waals surface area contributed by atoms with E-state index in [1.807, 2.05) is 43.3 Å². The highest BCUT2D eigenvalue weighted by Gasteiger charge is 2.20. The number of phenolic OH excluding ortho intramolecular Hbond substituents is 1. The maximum atomic E-state index is 13.5. The van der Waals surface area contributed by atoms with Crippen LogP contribution in [0.15, 0.2) is 83.8 Å². The van der Waals surface area contributed by atoms with Crippen LogP contribution < -0.4 is 5.56 Å². The molecular weight excluding hydrogens is 450 g/mol. The van der Waals surface area contributed by atoms with E-state index in [1.54, 1.807) is 24.3 Å². The Morgan fingerprint density at radius 1 is 1.06 bits per heavy atom. The van der Waals surface area contributed by atoms with Gasteiger partial charge in [-0.2, -0.15) is 0 Å². The second kappa shape index (κ2) is 8.65. The van der Waals surface area contributed by atoms with E-state index in [0.717, 1.165) is 16.6 Å². The van der Waals surface area contributed by atoms with Crippen LogP contribution in [0.3, 0.4) is 0 Å². The molecule has 0 atom stereocenters. The minimum absolute atomic E-state index is 0.115. The molecule has 2 N–H and O–H groups in total. The number of aromatic amines is 1. The largest absolute Gasteiger partial charge is 0.507 e. The Morgan fingerprint density at radius 2 is 1.82 bits per heavy atom. The van der Waals surface area contributed by atoms with Gasteiger partial charge in [0.25, 0.3) is 5.56 Å². The Hall–Kier alpha value is -4.16. The molecule has 168 valence electrons. The van der Waals surface area contributed by atoms with Crippen molar-refractivity contribution in [2.24, 2.45) is 0 Å². The second-order valence-electron chi connectivity index (χ2n) is 8.15. The van der Waals surface area contributed by atoms with Crippen LogP contribution in [0.1, 0.15) is 27.0 Å². The predicted octanol–water partition coefficient (Wildman–Crippen LogP) is 5.34. The number of hydrogen-bond acceptors (Lipinski definition) is 4. The summed E-state index contributed by atoms with van der Waals surface area (Å²) in [6.45, 7) is 2.08. The summed E-state index contributed by atoms with van der Waals surface area (Å²) in [7, 11) is 0. The number of nitrogens with one attached hydrogen (secondary N) is 1. The zero-order valence-corrected chi connectivity index (χ0v) is 19.0. The maximum absolute atomic E-state index is 13.5. The number of imidazole rings is 1. The van der Waals surface area contributed by atoms with Gasteiger partial charge in [0, 0.05) is 16.8 Å². The monoisotopic (exact) mass is 469 g/mol. The SMILES string of the molecule is Cc1ccc(O)c(C(=O)c2cc(-c3nc4ccccc4[nH]3)c(=O)n(Cc3ccc(Cl)cc3)c2)c1. The number of aromatic hydroxyl groups is 1. The van der Waals surface area contributed by atoms with Crippen LogP contribution in [0.25, 0.3) is 22.4 Å². The van der Waals surface area contributed by atoms with Gasteiger partial charge in [0.1, 0.15) is 11.6 Å². The minimum Gasteiger partial charge on any atom is -0.507 e. The first-order valence-electron chi connectivity index (χ1n) is 10.7. The highest BCUT2D eigenvalue weighted by Crippen LogP contribution is 2.24. The van der Waals surface area contributed by atoms with Gasteiger partial charge in [-0.3, -0.25) is 9.59 Å². The average molecular weight is 470 g/mol. The third-order valence-corrected chi connectivity index (χ3v) is 5.91. The number of H-pyrrole nitrogens is 1. The first kappa shape index (κ1) is 21.7. The molecule has 0 amide bonds. The zero-order valence-electron chi connectivity index (χ0n) is 18.2. The fraction of sp³-hybridized carbons (Fsp3) is 0.0741. The maximum Gasteiger partial charge on any atom is 0.261 e. The number of halogens is 1. The number of carbonyl (C=O) groups is 1. The van der Waals surface area contributed by atoms with Gasteiger partial charge >= 0.3 is 0 Å². The molecule has 0 spiro atoms. The van der Waals surface area contributed by atoms with E-state index in [1.165, 1.54) is 22.9 Å². The number of phenols is 1. The van der Waals surface area contributed by atoms with Gasteiger partial charge in [-0.15, -0.1) is 0 Å². The molecule has 0 unspecified atom stereocenters. The van der Waals surface area contributed by atoms with Gasteiger partial charge in [0.15, 0.2) is 5.78 Å². The fourth-order valence-electron chi connectivity index (χ4n) is 3.90. The van der Waals surface area contributed by atoms with Crippen molar-refractivity contribution in [1.82, 2.24) is 14.5 Å². The molecule has 0 radical (unpaired) electrons. The highest BCUT2D eigenvalue weighted by molar-refractivity contribution is 6.30. The lowest BCUT2D eigenvalue weighted by Gasteiger charge is -2.12. The molecule has 0 saturated carbocycles. The summed E-state index contributed by atoms with van der Waals surface area (Å²) >= 11 is 6.00. The lowest BCUT2D eigenvalue weighted by Crippen LogP contribution is -2.24. The van der Waals surface area contributed by atoms with E-state index in [0.29, 0.717) is 16.4 Å². The molecule has 3 aromatic carbocycles. The first-order chi connectivity index (χ1) is 16.4. The number of fused-ring (bicyclic) bond motifs is 1. The summed E-state index contributed by atoms with van der Waals surface area (Å²) in [4.78, 5) is 34.6. The summed E-state index contributed by atoms with van der Waals surface area (Å²) < 4.78 is 1.48. The van der Waals surface area contributed by atoms with Crippen LogP contribution >= 0.6 is 11.6 Å². The van der Waals surface area contributed by atoms with Crippen molar-refractivity contribution in [1.29, 1.82) is 0 Å². The second-order valence-corrected chi connectivity index (χ2v) is 8.59. The number of ketones is 1. The quantitative estimate of drug-likeness (QED) is 0.340. The lowest BCUT2D eigenvalue weighted by atomic mass is 10.0. The van der Waals surface area contributed by atoms with Crippen molar-refractivity contribution in [3.05, 3.63) is 117 Å². The predicted molar refractivity (Wildman–Crippen MR) is 133 cm³/mol. The number of pyridine rings is 1. The fourth-order valence-corrected chi connectivity index (χ4v) is 4.03. The summed E-state index contributed by atoms with van der Waals surface area (Å²) in [5, 5.41) is 10.9. The molecule has 2 aromatic heterocycles. The van der Waals surface area contributed by atoms with Crippen LogP contribution in [0.5, 0.6) is 5.75 Å². The number of aromatic nitrogens is 3. The van der Waals surface area contributed by atoms with Gasteiger partial charge in [-0.05, 0) is 55.0 Å². The standard InChI is InChI=1S/C27H20ClN3O3/c1-16-6-11-24(32)20(12-16)25(33)18-13-21(26-29-22-4-2-3-5-23(22)30-26)27(34)31(15-18)14-17-7-9-19(28)10-8-17/h2-13,15,32H,14H2,1H3,(H,29,30). The smallest absolute Gasteiger partial charge is 0.261 e. The van der Waals surface area contributed by atoms with E-state index in [2.05, 4.69) is 9.97 Å². The molecular formula is C27H20ClN3O3. The van der Waals surface area contributed by atoms with Gasteiger partial charge < -0.3 is 14.7 Å². The molecule has 2 heterocycles. The van der Waals surface area contributed by atoms with E-state index in [9.17, 15) is 14.7 Å². The number of rotatable bonds is 5. The van der Waals surface area contributed by atoms with Crippen molar-refractivity contribution in [2.75, 3.05) is 0 Å². The molecule has 0 bridgehead atoms.